The van der Waals surface area contributed by atoms with Gasteiger partial charge < -0.3 is 10.2 Å². The normalized spacial score (nSPS) is 16.0. The predicted molar refractivity (Wildman–Crippen MR) is 106 cm³/mol. The minimum absolute atomic E-state index is 0.0275. The summed E-state index contributed by atoms with van der Waals surface area (Å²) in [6, 6.07) is 14.1. The van der Waals surface area contributed by atoms with Gasteiger partial charge in [0.2, 0.25) is 5.91 Å². The van der Waals surface area contributed by atoms with E-state index in [9.17, 15) is 14.9 Å². The Balaban J connectivity index is 1.58. The van der Waals surface area contributed by atoms with Crippen molar-refractivity contribution in [1.29, 1.82) is 0 Å². The van der Waals surface area contributed by atoms with Crippen LogP contribution in [0, 0.1) is 16.0 Å². The first-order valence-electron chi connectivity index (χ1n) is 9.00. The summed E-state index contributed by atoms with van der Waals surface area (Å²) in [5.74, 6) is -0.0570. The van der Waals surface area contributed by atoms with Crippen LogP contribution in [0.4, 0.5) is 11.4 Å². The zero-order valence-electron chi connectivity index (χ0n) is 15.1. The Bertz CT molecular complexity index is 817. The number of carbonyl (C=O) groups excluding carboxylic acids is 1. The summed E-state index contributed by atoms with van der Waals surface area (Å²) < 4.78 is 0. The van der Waals surface area contributed by atoms with Gasteiger partial charge in [0, 0.05) is 30.1 Å². The highest BCUT2D eigenvalue weighted by atomic mass is 35.5. The van der Waals surface area contributed by atoms with Gasteiger partial charge in [-0.3, -0.25) is 14.9 Å². The van der Waals surface area contributed by atoms with Crippen LogP contribution in [-0.2, 0) is 4.79 Å². The Kier molecular flexibility index (Phi) is 5.96. The quantitative estimate of drug-likeness (QED) is 0.611. The molecule has 1 heterocycles. The van der Waals surface area contributed by atoms with Crippen molar-refractivity contribution in [2.24, 2.45) is 5.92 Å². The van der Waals surface area contributed by atoms with Gasteiger partial charge in [0.1, 0.15) is 5.69 Å². The monoisotopic (exact) mass is 387 g/mol. The molecule has 2 aromatic rings. The molecule has 1 aliphatic rings. The van der Waals surface area contributed by atoms with E-state index in [1.165, 1.54) is 6.07 Å². The Morgan fingerprint density at radius 2 is 1.81 bits per heavy atom. The first-order chi connectivity index (χ1) is 13.0. The van der Waals surface area contributed by atoms with Crippen molar-refractivity contribution < 1.29 is 9.72 Å². The van der Waals surface area contributed by atoms with Crippen molar-refractivity contribution in [3.63, 3.8) is 0 Å². The SMILES string of the molecule is C[C@@H](NC(=O)C1CCN(c2ccccc2[N+](=O)[O-])CC1)c1ccc(Cl)cc1. The molecule has 0 saturated carbocycles. The number of nitro benzene ring substituents is 1. The summed E-state index contributed by atoms with van der Waals surface area (Å²) in [7, 11) is 0. The number of anilines is 1. The number of carbonyl (C=O) groups is 1. The van der Waals surface area contributed by atoms with E-state index in [1.807, 2.05) is 36.1 Å². The number of nitrogens with zero attached hydrogens (tertiary/aromatic N) is 2. The van der Waals surface area contributed by atoms with Crippen molar-refractivity contribution in [3.8, 4) is 0 Å². The molecular formula is C20H22ClN3O3. The minimum atomic E-state index is -0.359. The van der Waals surface area contributed by atoms with Crippen LogP contribution < -0.4 is 10.2 Å². The number of nitrogens with one attached hydrogen (secondary N) is 1. The average molecular weight is 388 g/mol. The van der Waals surface area contributed by atoms with Gasteiger partial charge in [-0.25, -0.2) is 0 Å². The summed E-state index contributed by atoms with van der Waals surface area (Å²) >= 11 is 5.90. The van der Waals surface area contributed by atoms with Gasteiger partial charge in [-0.2, -0.15) is 0 Å². The highest BCUT2D eigenvalue weighted by Crippen LogP contribution is 2.31. The molecule has 142 valence electrons. The molecule has 0 unspecified atom stereocenters. The van der Waals surface area contributed by atoms with E-state index in [2.05, 4.69) is 5.32 Å². The van der Waals surface area contributed by atoms with Gasteiger partial charge in [0.15, 0.2) is 0 Å². The Morgan fingerprint density at radius 1 is 1.19 bits per heavy atom. The second kappa shape index (κ2) is 8.39. The van der Waals surface area contributed by atoms with E-state index in [0.29, 0.717) is 36.6 Å². The summed E-state index contributed by atoms with van der Waals surface area (Å²) in [6.45, 7) is 3.19. The third-order valence-corrected chi connectivity index (χ3v) is 5.27. The van der Waals surface area contributed by atoms with Crippen LogP contribution in [0.25, 0.3) is 0 Å². The van der Waals surface area contributed by atoms with Gasteiger partial charge in [0.05, 0.1) is 11.0 Å². The standard InChI is InChI=1S/C20H22ClN3O3/c1-14(15-6-8-17(21)9-7-15)22-20(25)16-10-12-23(13-11-16)18-4-2-3-5-19(18)24(26)27/h2-9,14,16H,10-13H2,1H3,(H,22,25)/t14-/m1/s1. The predicted octanol–water partition coefficient (Wildman–Crippen LogP) is 4.34. The smallest absolute Gasteiger partial charge is 0.292 e. The lowest BCUT2D eigenvalue weighted by Crippen LogP contribution is -2.41. The molecule has 0 spiro atoms. The Morgan fingerprint density at radius 3 is 2.44 bits per heavy atom. The molecule has 1 atom stereocenters. The molecule has 3 rings (SSSR count). The fourth-order valence-electron chi connectivity index (χ4n) is 3.43. The van der Waals surface area contributed by atoms with Crippen molar-refractivity contribution in [3.05, 3.63) is 69.2 Å². The maximum Gasteiger partial charge on any atom is 0.292 e. The first kappa shape index (κ1) is 19.2. The van der Waals surface area contributed by atoms with Gasteiger partial charge in [0.25, 0.3) is 5.69 Å². The average Bonchev–Trinajstić information content (AvgIpc) is 2.68. The van der Waals surface area contributed by atoms with Gasteiger partial charge >= 0.3 is 0 Å². The molecule has 0 aliphatic carbocycles. The summed E-state index contributed by atoms with van der Waals surface area (Å²) in [5.41, 5.74) is 1.73. The molecule has 0 radical (unpaired) electrons. The second-order valence-electron chi connectivity index (χ2n) is 6.79. The van der Waals surface area contributed by atoms with Crippen LogP contribution >= 0.6 is 11.6 Å². The lowest BCUT2D eigenvalue weighted by Gasteiger charge is -2.33. The Hall–Kier alpha value is -2.60. The zero-order chi connectivity index (χ0) is 19.4. The van der Waals surface area contributed by atoms with Crippen molar-refractivity contribution in [2.45, 2.75) is 25.8 Å². The number of piperidine rings is 1. The second-order valence-corrected chi connectivity index (χ2v) is 7.23. The summed E-state index contributed by atoms with van der Waals surface area (Å²) in [6.07, 6.45) is 1.34. The fraction of sp³-hybridized carbons (Fsp3) is 0.350. The summed E-state index contributed by atoms with van der Waals surface area (Å²) in [5, 5.41) is 14.9. The molecule has 0 aromatic heterocycles. The molecule has 1 amide bonds. The maximum absolute atomic E-state index is 12.6. The van der Waals surface area contributed by atoms with Crippen LogP contribution in [0.3, 0.4) is 0 Å². The largest absolute Gasteiger partial charge is 0.366 e. The van der Waals surface area contributed by atoms with Crippen LogP contribution in [0.2, 0.25) is 5.02 Å². The molecule has 1 aliphatic heterocycles. The molecule has 2 aromatic carbocycles. The van der Waals surface area contributed by atoms with Crippen molar-refractivity contribution in [1.82, 2.24) is 5.32 Å². The molecule has 1 saturated heterocycles. The molecule has 1 fully saturated rings. The van der Waals surface area contributed by atoms with Gasteiger partial charge in [-0.1, -0.05) is 35.9 Å². The minimum Gasteiger partial charge on any atom is -0.366 e. The fourth-order valence-corrected chi connectivity index (χ4v) is 3.56. The zero-order valence-corrected chi connectivity index (χ0v) is 15.9. The number of nitro groups is 1. The van der Waals surface area contributed by atoms with Crippen molar-refractivity contribution in [2.75, 3.05) is 18.0 Å². The molecule has 0 bridgehead atoms. The van der Waals surface area contributed by atoms with E-state index >= 15 is 0 Å². The van der Waals surface area contributed by atoms with Crippen molar-refractivity contribution >= 4 is 28.9 Å². The van der Waals surface area contributed by atoms with E-state index in [0.717, 1.165) is 5.56 Å². The lowest BCUT2D eigenvalue weighted by molar-refractivity contribution is -0.384. The van der Waals surface area contributed by atoms with Crippen LogP contribution in [0.5, 0.6) is 0 Å². The number of amides is 1. The third kappa shape index (κ3) is 4.57. The number of benzene rings is 2. The van der Waals surface area contributed by atoms with Gasteiger partial charge in [-0.05, 0) is 43.5 Å². The molecule has 7 heteroatoms. The molecule has 27 heavy (non-hydrogen) atoms. The number of hydrogen-bond acceptors (Lipinski definition) is 4. The van der Waals surface area contributed by atoms with E-state index in [-0.39, 0.29) is 28.5 Å². The number of para-hydroxylation sites is 2. The molecule has 1 N–H and O–H groups in total. The molecular weight excluding hydrogens is 366 g/mol. The van der Waals surface area contributed by atoms with E-state index in [1.54, 1.807) is 18.2 Å². The van der Waals surface area contributed by atoms with Gasteiger partial charge in [-0.15, -0.1) is 0 Å². The van der Waals surface area contributed by atoms with E-state index < -0.39 is 0 Å². The summed E-state index contributed by atoms with van der Waals surface area (Å²) in [4.78, 5) is 25.5. The third-order valence-electron chi connectivity index (χ3n) is 5.01. The Labute approximate surface area is 163 Å². The molecule has 6 nitrogen and oxygen atoms in total. The van der Waals surface area contributed by atoms with Crippen LogP contribution in [-0.4, -0.2) is 23.9 Å². The van der Waals surface area contributed by atoms with E-state index in [4.69, 9.17) is 11.6 Å². The number of hydrogen-bond donors (Lipinski definition) is 1. The lowest BCUT2D eigenvalue weighted by atomic mass is 9.94. The van der Waals surface area contributed by atoms with Crippen LogP contribution in [0.1, 0.15) is 31.4 Å². The maximum atomic E-state index is 12.6. The number of rotatable bonds is 5. The highest BCUT2D eigenvalue weighted by molar-refractivity contribution is 6.30. The van der Waals surface area contributed by atoms with Crippen LogP contribution in [0.15, 0.2) is 48.5 Å². The highest BCUT2D eigenvalue weighted by Gasteiger charge is 2.28. The first-order valence-corrected chi connectivity index (χ1v) is 9.37. The topological polar surface area (TPSA) is 75.5 Å². The number of halogens is 1.